The van der Waals surface area contributed by atoms with Gasteiger partial charge in [0.15, 0.2) is 6.04 Å². The summed E-state index contributed by atoms with van der Waals surface area (Å²) in [5, 5.41) is 23.8. The number of piperidine rings is 1. The van der Waals surface area contributed by atoms with Gasteiger partial charge in [-0.2, -0.15) is 0 Å². The molecule has 3 unspecified atom stereocenters. The first kappa shape index (κ1) is 14.9. The zero-order valence-electron chi connectivity index (χ0n) is 11.1. The summed E-state index contributed by atoms with van der Waals surface area (Å²) >= 11 is 0. The molecule has 0 aromatic rings. The van der Waals surface area contributed by atoms with Crippen molar-refractivity contribution in [1.82, 2.24) is 10.6 Å². The molecule has 0 aliphatic carbocycles. The molecule has 0 radical (unpaired) electrons. The van der Waals surface area contributed by atoms with Gasteiger partial charge < -0.3 is 20.8 Å². The van der Waals surface area contributed by atoms with Gasteiger partial charge in [-0.3, -0.25) is 4.79 Å². The molecule has 1 aliphatic rings. The molecule has 104 valence electrons. The Morgan fingerprint density at radius 3 is 2.50 bits per heavy atom. The smallest absolute Gasteiger partial charge is 0.328 e. The van der Waals surface area contributed by atoms with Crippen molar-refractivity contribution in [1.29, 1.82) is 0 Å². The molecule has 1 amide bonds. The van der Waals surface area contributed by atoms with Gasteiger partial charge in [-0.25, -0.2) is 4.79 Å². The Morgan fingerprint density at radius 1 is 1.44 bits per heavy atom. The molecule has 1 saturated heterocycles. The number of carboxylic acids is 1. The zero-order chi connectivity index (χ0) is 13.9. The summed E-state index contributed by atoms with van der Waals surface area (Å²) in [6, 6.07) is -1.69. The average molecular weight is 258 g/mol. The van der Waals surface area contributed by atoms with Gasteiger partial charge in [0.25, 0.3) is 0 Å². The van der Waals surface area contributed by atoms with Gasteiger partial charge in [0.05, 0.1) is 12.1 Å². The average Bonchev–Trinajstić information content (AvgIpc) is 2.23. The summed E-state index contributed by atoms with van der Waals surface area (Å²) in [7, 11) is 0. The third-order valence-electron chi connectivity index (χ3n) is 3.44. The van der Waals surface area contributed by atoms with E-state index in [1.54, 1.807) is 0 Å². The monoisotopic (exact) mass is 258 g/mol. The molecule has 6 heteroatoms. The number of carbonyl (C=O) groups is 2. The maximum atomic E-state index is 12.1. The highest BCUT2D eigenvalue weighted by molar-refractivity contribution is 5.87. The van der Waals surface area contributed by atoms with Crippen LogP contribution >= 0.6 is 0 Å². The molecule has 4 N–H and O–H groups in total. The fraction of sp³-hybridized carbons (Fsp3) is 0.833. The van der Waals surface area contributed by atoms with Crippen LogP contribution in [-0.2, 0) is 9.59 Å². The van der Waals surface area contributed by atoms with Crippen LogP contribution in [0.2, 0.25) is 0 Å². The van der Waals surface area contributed by atoms with Crippen LogP contribution < -0.4 is 10.6 Å². The third kappa shape index (κ3) is 3.43. The zero-order valence-corrected chi connectivity index (χ0v) is 11.1. The first-order valence-corrected chi connectivity index (χ1v) is 6.20. The number of hydrogen-bond donors (Lipinski definition) is 4. The van der Waals surface area contributed by atoms with Crippen molar-refractivity contribution >= 4 is 11.9 Å². The van der Waals surface area contributed by atoms with Gasteiger partial charge >= 0.3 is 5.97 Å². The number of rotatable bonds is 4. The number of amides is 1. The predicted molar refractivity (Wildman–Crippen MR) is 66.1 cm³/mol. The molecular formula is C12H22N2O4. The number of hydrogen-bond acceptors (Lipinski definition) is 4. The van der Waals surface area contributed by atoms with Gasteiger partial charge in [-0.1, -0.05) is 13.8 Å². The Kier molecular flexibility index (Phi) is 4.70. The Labute approximate surface area is 107 Å². The second-order valence-electron chi connectivity index (χ2n) is 5.54. The van der Waals surface area contributed by atoms with E-state index in [0.717, 1.165) is 19.4 Å². The number of aliphatic hydroxyl groups excluding tert-OH is 1. The summed E-state index contributed by atoms with van der Waals surface area (Å²) in [5.41, 5.74) is -0.218. The van der Waals surface area contributed by atoms with Crippen LogP contribution in [0.1, 0.15) is 33.6 Å². The number of carboxylic acid groups (broad SMARTS) is 1. The molecule has 3 atom stereocenters. The second kappa shape index (κ2) is 5.67. The fourth-order valence-electron chi connectivity index (χ4n) is 2.28. The largest absolute Gasteiger partial charge is 0.480 e. The number of carbonyl (C=O) groups excluding carboxylic acids is 1. The molecule has 0 spiro atoms. The molecule has 1 aliphatic heterocycles. The number of aliphatic hydroxyl groups is 1. The van der Waals surface area contributed by atoms with E-state index in [0.29, 0.717) is 0 Å². The van der Waals surface area contributed by atoms with Gasteiger partial charge in [0, 0.05) is 0 Å². The maximum absolute atomic E-state index is 12.1. The molecule has 0 aromatic carbocycles. The van der Waals surface area contributed by atoms with E-state index in [9.17, 15) is 14.7 Å². The molecular weight excluding hydrogens is 236 g/mol. The molecule has 0 bridgehead atoms. The molecule has 1 rings (SSSR count). The molecule has 1 fully saturated rings. The van der Waals surface area contributed by atoms with Gasteiger partial charge in [0.1, 0.15) is 0 Å². The van der Waals surface area contributed by atoms with Crippen LogP contribution in [0.25, 0.3) is 0 Å². The van der Waals surface area contributed by atoms with Crippen LogP contribution in [0.5, 0.6) is 0 Å². The van der Waals surface area contributed by atoms with E-state index in [1.807, 2.05) is 13.8 Å². The lowest BCUT2D eigenvalue weighted by Crippen LogP contribution is -2.59. The standard InChI is InChI=1S/C12H22N2O4/c1-7(15)8(11(17)18)14-10(16)9-12(2,3)5-4-6-13-9/h7-9,13,15H,4-6H2,1-3H3,(H,14,16)(H,17,18). The minimum Gasteiger partial charge on any atom is -0.480 e. The van der Waals surface area contributed by atoms with Crippen LogP contribution in [0.15, 0.2) is 0 Å². The lowest BCUT2D eigenvalue weighted by atomic mass is 9.77. The van der Waals surface area contributed by atoms with Crippen LogP contribution in [0.3, 0.4) is 0 Å². The third-order valence-corrected chi connectivity index (χ3v) is 3.44. The summed E-state index contributed by atoms with van der Waals surface area (Å²) in [5.74, 6) is -1.60. The van der Waals surface area contributed by atoms with Crippen molar-refractivity contribution in [2.45, 2.75) is 51.8 Å². The molecule has 0 aromatic heterocycles. The van der Waals surface area contributed by atoms with Crippen molar-refractivity contribution < 1.29 is 19.8 Å². The summed E-state index contributed by atoms with van der Waals surface area (Å²) < 4.78 is 0. The molecule has 6 nitrogen and oxygen atoms in total. The highest BCUT2D eigenvalue weighted by Gasteiger charge is 2.39. The Morgan fingerprint density at radius 2 is 2.06 bits per heavy atom. The summed E-state index contributed by atoms with van der Waals surface area (Å²) in [6.07, 6.45) is 0.776. The van der Waals surface area contributed by atoms with E-state index >= 15 is 0 Å². The van der Waals surface area contributed by atoms with E-state index in [2.05, 4.69) is 10.6 Å². The minimum absolute atomic E-state index is 0.218. The number of nitrogens with one attached hydrogen (secondary N) is 2. The first-order valence-electron chi connectivity index (χ1n) is 6.20. The Bertz CT molecular complexity index is 328. The lowest BCUT2D eigenvalue weighted by molar-refractivity contribution is -0.145. The van der Waals surface area contributed by atoms with E-state index in [-0.39, 0.29) is 11.3 Å². The fourth-order valence-corrected chi connectivity index (χ4v) is 2.28. The van der Waals surface area contributed by atoms with Crippen molar-refractivity contribution in [2.75, 3.05) is 6.54 Å². The van der Waals surface area contributed by atoms with Crippen molar-refractivity contribution in [3.05, 3.63) is 0 Å². The van der Waals surface area contributed by atoms with E-state index < -0.39 is 24.2 Å². The van der Waals surface area contributed by atoms with E-state index in [1.165, 1.54) is 6.92 Å². The highest BCUT2D eigenvalue weighted by atomic mass is 16.4. The lowest BCUT2D eigenvalue weighted by Gasteiger charge is -2.38. The normalized spacial score (nSPS) is 26.1. The Balaban J connectivity index is 2.71. The topological polar surface area (TPSA) is 98.7 Å². The molecule has 0 saturated carbocycles. The van der Waals surface area contributed by atoms with E-state index in [4.69, 9.17) is 5.11 Å². The first-order chi connectivity index (χ1) is 8.25. The molecule has 1 heterocycles. The predicted octanol–water partition coefficient (Wildman–Crippen LogP) is -0.285. The van der Waals surface area contributed by atoms with Crippen LogP contribution in [-0.4, -0.2) is 46.8 Å². The Hall–Kier alpha value is -1.14. The highest BCUT2D eigenvalue weighted by Crippen LogP contribution is 2.30. The van der Waals surface area contributed by atoms with Crippen LogP contribution in [0.4, 0.5) is 0 Å². The van der Waals surface area contributed by atoms with Crippen molar-refractivity contribution in [3.8, 4) is 0 Å². The van der Waals surface area contributed by atoms with Crippen molar-refractivity contribution in [3.63, 3.8) is 0 Å². The van der Waals surface area contributed by atoms with Crippen LogP contribution in [0, 0.1) is 5.41 Å². The number of aliphatic carboxylic acids is 1. The SMILES string of the molecule is CC(O)C(NC(=O)C1NCCCC1(C)C)C(=O)O. The molecule has 18 heavy (non-hydrogen) atoms. The maximum Gasteiger partial charge on any atom is 0.328 e. The van der Waals surface area contributed by atoms with Gasteiger partial charge in [0.2, 0.25) is 5.91 Å². The summed E-state index contributed by atoms with van der Waals surface area (Å²) in [4.78, 5) is 23.0. The van der Waals surface area contributed by atoms with Gasteiger partial charge in [-0.15, -0.1) is 0 Å². The second-order valence-corrected chi connectivity index (χ2v) is 5.54. The van der Waals surface area contributed by atoms with Crippen molar-refractivity contribution in [2.24, 2.45) is 5.41 Å². The minimum atomic E-state index is -1.27. The van der Waals surface area contributed by atoms with Gasteiger partial charge in [-0.05, 0) is 31.7 Å². The summed E-state index contributed by atoms with van der Waals surface area (Å²) in [6.45, 7) is 6.04. The quantitative estimate of drug-likeness (QED) is 0.555.